The minimum absolute atomic E-state index is 0.214. The maximum Gasteiger partial charge on any atom is 0.243 e. The molecule has 0 bridgehead atoms. The molecular formula is C22H25N3O2. The molecule has 0 spiro atoms. The van der Waals surface area contributed by atoms with E-state index < -0.39 is 0 Å². The van der Waals surface area contributed by atoms with Crippen LogP contribution in [0.4, 0.5) is 0 Å². The van der Waals surface area contributed by atoms with Crippen LogP contribution in [-0.2, 0) is 17.8 Å². The Balaban J connectivity index is 1.77. The topological polar surface area (TPSA) is 56.2 Å². The van der Waals surface area contributed by atoms with E-state index in [9.17, 15) is 4.79 Å². The number of amides is 1. The van der Waals surface area contributed by atoms with Crippen molar-refractivity contribution in [3.63, 3.8) is 0 Å². The molecule has 0 fully saturated rings. The molecule has 1 heterocycles. The van der Waals surface area contributed by atoms with Crippen LogP contribution in [0, 0.1) is 0 Å². The third kappa shape index (κ3) is 4.37. The zero-order valence-electron chi connectivity index (χ0n) is 15.8. The summed E-state index contributed by atoms with van der Waals surface area (Å²) in [7, 11) is 0. The van der Waals surface area contributed by atoms with Crippen molar-refractivity contribution in [3.8, 4) is 5.75 Å². The van der Waals surface area contributed by atoms with Gasteiger partial charge in [0, 0.05) is 0 Å². The van der Waals surface area contributed by atoms with E-state index in [-0.39, 0.29) is 11.9 Å². The van der Waals surface area contributed by atoms with E-state index in [0.29, 0.717) is 13.2 Å². The SMILES string of the molecule is C=CC(=O)NC(C)c1nc2ccccc2n1CCOc1ccc(CC)cc1. The number of imidazole rings is 1. The van der Waals surface area contributed by atoms with Crippen LogP contribution < -0.4 is 10.1 Å². The van der Waals surface area contributed by atoms with Gasteiger partial charge in [-0.15, -0.1) is 0 Å². The standard InChI is InChI=1S/C22H25N3O2/c1-4-17-10-12-18(13-11-17)27-15-14-25-20-9-7-6-8-19(20)24-22(25)16(3)23-21(26)5-2/h5-13,16H,2,4,14-15H2,1,3H3,(H,23,26). The van der Waals surface area contributed by atoms with E-state index in [0.717, 1.165) is 29.0 Å². The minimum Gasteiger partial charge on any atom is -0.492 e. The molecule has 2 aromatic carbocycles. The van der Waals surface area contributed by atoms with Crippen LogP contribution in [0.2, 0.25) is 0 Å². The minimum atomic E-state index is -0.230. The molecule has 1 aromatic heterocycles. The Morgan fingerprint density at radius 3 is 2.70 bits per heavy atom. The van der Waals surface area contributed by atoms with E-state index in [1.807, 2.05) is 43.3 Å². The molecule has 0 aliphatic rings. The van der Waals surface area contributed by atoms with Crippen LogP contribution in [-0.4, -0.2) is 22.1 Å². The van der Waals surface area contributed by atoms with Crippen LogP contribution in [0.15, 0.2) is 61.2 Å². The predicted molar refractivity (Wildman–Crippen MR) is 108 cm³/mol. The Morgan fingerprint density at radius 2 is 2.00 bits per heavy atom. The Kier molecular flexibility index (Phi) is 5.91. The number of rotatable bonds is 8. The summed E-state index contributed by atoms with van der Waals surface area (Å²) < 4.78 is 8.01. The fraction of sp³-hybridized carbons (Fsp3) is 0.273. The summed E-state index contributed by atoms with van der Waals surface area (Å²) in [6.45, 7) is 8.71. The van der Waals surface area contributed by atoms with Crippen LogP contribution >= 0.6 is 0 Å². The Morgan fingerprint density at radius 1 is 1.26 bits per heavy atom. The second-order valence-corrected chi connectivity index (χ2v) is 6.39. The van der Waals surface area contributed by atoms with Crippen molar-refractivity contribution >= 4 is 16.9 Å². The zero-order valence-corrected chi connectivity index (χ0v) is 15.8. The van der Waals surface area contributed by atoms with Gasteiger partial charge in [-0.1, -0.05) is 37.8 Å². The largest absolute Gasteiger partial charge is 0.492 e. The number of nitrogens with one attached hydrogen (secondary N) is 1. The van der Waals surface area contributed by atoms with Crippen molar-refractivity contribution in [2.45, 2.75) is 32.9 Å². The fourth-order valence-electron chi connectivity index (χ4n) is 3.07. The van der Waals surface area contributed by atoms with Crippen molar-refractivity contribution < 1.29 is 9.53 Å². The van der Waals surface area contributed by atoms with Gasteiger partial charge in [0.05, 0.1) is 23.6 Å². The van der Waals surface area contributed by atoms with Gasteiger partial charge in [0.15, 0.2) is 0 Å². The van der Waals surface area contributed by atoms with Gasteiger partial charge in [-0.05, 0) is 49.2 Å². The molecule has 5 nitrogen and oxygen atoms in total. The molecule has 0 saturated carbocycles. The molecule has 5 heteroatoms. The number of carbonyl (C=O) groups is 1. The highest BCUT2D eigenvalue weighted by Crippen LogP contribution is 2.21. The number of ether oxygens (including phenoxy) is 1. The monoisotopic (exact) mass is 363 g/mol. The highest BCUT2D eigenvalue weighted by atomic mass is 16.5. The molecular weight excluding hydrogens is 338 g/mol. The van der Waals surface area contributed by atoms with Gasteiger partial charge < -0.3 is 14.6 Å². The molecule has 1 N–H and O–H groups in total. The molecule has 0 aliphatic carbocycles. The lowest BCUT2D eigenvalue weighted by Gasteiger charge is -2.16. The quantitative estimate of drug-likeness (QED) is 0.615. The second-order valence-electron chi connectivity index (χ2n) is 6.39. The van der Waals surface area contributed by atoms with E-state index in [2.05, 4.69) is 35.5 Å². The highest BCUT2D eigenvalue weighted by molar-refractivity contribution is 5.87. The number of fused-ring (bicyclic) bond motifs is 1. The van der Waals surface area contributed by atoms with Gasteiger partial charge in [-0.2, -0.15) is 0 Å². The van der Waals surface area contributed by atoms with Gasteiger partial charge in [-0.25, -0.2) is 4.98 Å². The summed E-state index contributed by atoms with van der Waals surface area (Å²) in [6, 6.07) is 15.9. The first-order valence-corrected chi connectivity index (χ1v) is 9.22. The molecule has 3 rings (SSSR count). The third-order valence-electron chi connectivity index (χ3n) is 4.53. The molecule has 1 amide bonds. The van der Waals surface area contributed by atoms with Gasteiger partial charge in [0.25, 0.3) is 0 Å². The first kappa shape index (κ1) is 18.7. The van der Waals surface area contributed by atoms with E-state index in [1.54, 1.807) is 0 Å². The number of carbonyl (C=O) groups excluding carboxylic acids is 1. The Hall–Kier alpha value is -3.08. The van der Waals surface area contributed by atoms with Crippen molar-refractivity contribution in [1.29, 1.82) is 0 Å². The molecule has 3 aromatic rings. The van der Waals surface area contributed by atoms with Crippen molar-refractivity contribution in [1.82, 2.24) is 14.9 Å². The molecule has 0 radical (unpaired) electrons. The zero-order chi connectivity index (χ0) is 19.2. The van der Waals surface area contributed by atoms with Gasteiger partial charge >= 0.3 is 0 Å². The number of aryl methyl sites for hydroxylation is 1. The summed E-state index contributed by atoms with van der Waals surface area (Å²) in [5.74, 6) is 1.44. The number of aromatic nitrogens is 2. The predicted octanol–water partition coefficient (Wildman–Crippen LogP) is 4.04. The fourth-order valence-corrected chi connectivity index (χ4v) is 3.07. The van der Waals surface area contributed by atoms with Crippen molar-refractivity contribution in [2.75, 3.05) is 6.61 Å². The Bertz CT molecular complexity index is 928. The Labute approximate surface area is 159 Å². The number of nitrogens with zero attached hydrogens (tertiary/aromatic N) is 2. The van der Waals surface area contributed by atoms with Gasteiger partial charge in [0.2, 0.25) is 5.91 Å². The molecule has 0 aliphatic heterocycles. The number of hydrogen-bond donors (Lipinski definition) is 1. The lowest BCUT2D eigenvalue weighted by atomic mass is 10.2. The lowest BCUT2D eigenvalue weighted by molar-refractivity contribution is -0.117. The van der Waals surface area contributed by atoms with Crippen LogP contribution in [0.25, 0.3) is 11.0 Å². The second kappa shape index (κ2) is 8.54. The number of para-hydroxylation sites is 2. The highest BCUT2D eigenvalue weighted by Gasteiger charge is 2.17. The normalized spacial score (nSPS) is 11.9. The van der Waals surface area contributed by atoms with E-state index in [1.165, 1.54) is 11.6 Å². The molecule has 1 unspecified atom stereocenters. The van der Waals surface area contributed by atoms with E-state index >= 15 is 0 Å². The summed E-state index contributed by atoms with van der Waals surface area (Å²) in [6.07, 6.45) is 2.28. The van der Waals surface area contributed by atoms with Crippen LogP contribution in [0.3, 0.4) is 0 Å². The summed E-state index contributed by atoms with van der Waals surface area (Å²) in [5, 5.41) is 2.89. The van der Waals surface area contributed by atoms with E-state index in [4.69, 9.17) is 9.72 Å². The molecule has 27 heavy (non-hydrogen) atoms. The number of hydrogen-bond acceptors (Lipinski definition) is 3. The average Bonchev–Trinajstić information content (AvgIpc) is 3.07. The van der Waals surface area contributed by atoms with Crippen molar-refractivity contribution in [2.24, 2.45) is 0 Å². The van der Waals surface area contributed by atoms with Crippen LogP contribution in [0.1, 0.15) is 31.3 Å². The van der Waals surface area contributed by atoms with Crippen molar-refractivity contribution in [3.05, 3.63) is 72.6 Å². The van der Waals surface area contributed by atoms with Gasteiger partial charge in [0.1, 0.15) is 18.2 Å². The van der Waals surface area contributed by atoms with Gasteiger partial charge in [-0.3, -0.25) is 4.79 Å². The number of benzene rings is 2. The lowest BCUT2D eigenvalue weighted by Crippen LogP contribution is -2.27. The maximum atomic E-state index is 11.7. The summed E-state index contributed by atoms with van der Waals surface area (Å²) in [5.41, 5.74) is 3.22. The first-order valence-electron chi connectivity index (χ1n) is 9.22. The molecule has 140 valence electrons. The summed E-state index contributed by atoms with van der Waals surface area (Å²) in [4.78, 5) is 16.4. The smallest absolute Gasteiger partial charge is 0.243 e. The summed E-state index contributed by atoms with van der Waals surface area (Å²) >= 11 is 0. The molecule has 0 saturated heterocycles. The molecule has 1 atom stereocenters. The first-order chi connectivity index (χ1) is 13.1. The van der Waals surface area contributed by atoms with Crippen LogP contribution in [0.5, 0.6) is 5.75 Å². The maximum absolute atomic E-state index is 11.7. The third-order valence-corrected chi connectivity index (χ3v) is 4.53. The average molecular weight is 363 g/mol.